The van der Waals surface area contributed by atoms with E-state index in [2.05, 4.69) is 15.2 Å². The molecule has 0 spiro atoms. The summed E-state index contributed by atoms with van der Waals surface area (Å²) in [6, 6.07) is 10.6. The molecule has 3 rings (SSSR count). The lowest BCUT2D eigenvalue weighted by Crippen LogP contribution is -1.72. The van der Waals surface area contributed by atoms with Crippen molar-refractivity contribution in [3.8, 4) is 5.75 Å². The zero-order valence-corrected chi connectivity index (χ0v) is 12.2. The molecular formula is C13H7Cl2N3OS. The summed E-state index contributed by atoms with van der Waals surface area (Å²) in [5.41, 5.74) is 1.09. The molecule has 0 radical (unpaired) electrons. The molecule has 20 heavy (non-hydrogen) atoms. The molecule has 3 aromatic rings. The van der Waals surface area contributed by atoms with E-state index in [1.54, 1.807) is 0 Å². The number of aromatic nitrogens is 1. The van der Waals surface area contributed by atoms with Crippen molar-refractivity contribution in [1.29, 1.82) is 0 Å². The molecule has 4 nitrogen and oxygen atoms in total. The highest BCUT2D eigenvalue weighted by Gasteiger charge is 2.10. The number of rotatable bonds is 2. The second-order valence-electron chi connectivity index (χ2n) is 3.89. The fourth-order valence-corrected chi connectivity index (χ4v) is 2.85. The smallest absolute Gasteiger partial charge is 0.231 e. The number of halogens is 2. The Morgan fingerprint density at radius 2 is 1.85 bits per heavy atom. The summed E-state index contributed by atoms with van der Waals surface area (Å²) in [4.78, 5) is 4.32. The van der Waals surface area contributed by atoms with Gasteiger partial charge in [0.05, 0.1) is 15.2 Å². The van der Waals surface area contributed by atoms with Gasteiger partial charge in [-0.15, -0.1) is 10.2 Å². The van der Waals surface area contributed by atoms with Crippen molar-refractivity contribution < 1.29 is 5.11 Å². The molecule has 0 fully saturated rings. The van der Waals surface area contributed by atoms with Crippen LogP contribution in [0, 0.1) is 0 Å². The zero-order chi connectivity index (χ0) is 14.1. The van der Waals surface area contributed by atoms with Crippen LogP contribution in [0.2, 0.25) is 10.0 Å². The molecule has 1 aromatic heterocycles. The van der Waals surface area contributed by atoms with Crippen molar-refractivity contribution in [3.63, 3.8) is 0 Å². The van der Waals surface area contributed by atoms with Gasteiger partial charge in [-0.3, -0.25) is 0 Å². The Kier molecular flexibility index (Phi) is 3.56. The molecule has 0 saturated heterocycles. The fourth-order valence-electron chi connectivity index (χ4n) is 1.62. The van der Waals surface area contributed by atoms with Crippen molar-refractivity contribution in [1.82, 2.24) is 4.98 Å². The van der Waals surface area contributed by atoms with Gasteiger partial charge in [0.1, 0.15) is 16.5 Å². The van der Waals surface area contributed by atoms with E-state index in [4.69, 9.17) is 23.2 Å². The number of phenolic OH excluding ortho intramolecular Hbond substituents is 1. The predicted molar refractivity (Wildman–Crippen MR) is 81.9 cm³/mol. The minimum atomic E-state index is -0.0886. The van der Waals surface area contributed by atoms with Crippen LogP contribution in [0.15, 0.2) is 46.6 Å². The van der Waals surface area contributed by atoms with Crippen LogP contribution in [0.25, 0.3) is 10.2 Å². The van der Waals surface area contributed by atoms with Gasteiger partial charge in [-0.05, 0) is 24.3 Å². The van der Waals surface area contributed by atoms with Crippen molar-refractivity contribution in [3.05, 3.63) is 46.4 Å². The third kappa shape index (κ3) is 2.47. The van der Waals surface area contributed by atoms with Crippen LogP contribution in [-0.2, 0) is 0 Å². The molecule has 0 amide bonds. The van der Waals surface area contributed by atoms with E-state index in [1.807, 2.05) is 24.3 Å². The number of azo groups is 1. The van der Waals surface area contributed by atoms with Gasteiger partial charge in [-0.2, -0.15) is 0 Å². The SMILES string of the molecule is Oc1ccc(Cl)c(N=Nc2nc3ccccc3s2)c1Cl. The quantitative estimate of drug-likeness (QED) is 0.612. The van der Waals surface area contributed by atoms with Crippen molar-refractivity contribution in [2.24, 2.45) is 10.2 Å². The summed E-state index contributed by atoms with van der Waals surface area (Å²) >= 11 is 13.3. The van der Waals surface area contributed by atoms with Crippen LogP contribution in [-0.4, -0.2) is 10.1 Å². The van der Waals surface area contributed by atoms with E-state index in [9.17, 15) is 5.11 Å². The number of aromatic hydroxyl groups is 1. The lowest BCUT2D eigenvalue weighted by atomic mass is 10.3. The van der Waals surface area contributed by atoms with Crippen molar-refractivity contribution >= 4 is 55.6 Å². The number of thiazole rings is 1. The summed E-state index contributed by atoms with van der Waals surface area (Å²) in [5, 5.41) is 18.4. The molecule has 0 saturated carbocycles. The highest BCUT2D eigenvalue weighted by molar-refractivity contribution is 7.21. The van der Waals surface area contributed by atoms with E-state index in [0.717, 1.165) is 10.2 Å². The summed E-state index contributed by atoms with van der Waals surface area (Å²) in [7, 11) is 0. The van der Waals surface area contributed by atoms with Gasteiger partial charge in [0.2, 0.25) is 5.13 Å². The highest BCUT2D eigenvalue weighted by atomic mass is 35.5. The number of phenols is 1. The first kappa shape index (κ1) is 13.3. The Bertz CT molecular complexity index is 783. The topological polar surface area (TPSA) is 57.8 Å². The highest BCUT2D eigenvalue weighted by Crippen LogP contribution is 2.40. The number of nitrogens with zero attached hydrogens (tertiary/aromatic N) is 3. The molecule has 0 aliphatic carbocycles. The Balaban J connectivity index is 2.00. The third-order valence-electron chi connectivity index (χ3n) is 2.56. The van der Waals surface area contributed by atoms with E-state index in [-0.39, 0.29) is 16.5 Å². The number of hydrogen-bond acceptors (Lipinski definition) is 5. The van der Waals surface area contributed by atoms with E-state index < -0.39 is 0 Å². The van der Waals surface area contributed by atoms with Crippen molar-refractivity contribution in [2.45, 2.75) is 0 Å². The maximum Gasteiger partial charge on any atom is 0.231 e. The van der Waals surface area contributed by atoms with E-state index in [0.29, 0.717) is 10.2 Å². The molecule has 100 valence electrons. The molecule has 0 aliphatic heterocycles. The Hall–Kier alpha value is -1.69. The molecular weight excluding hydrogens is 317 g/mol. The van der Waals surface area contributed by atoms with Crippen LogP contribution < -0.4 is 0 Å². The molecule has 2 aromatic carbocycles. The van der Waals surface area contributed by atoms with Gasteiger partial charge >= 0.3 is 0 Å². The summed E-state index contributed by atoms with van der Waals surface area (Å²) in [6.45, 7) is 0. The normalized spacial score (nSPS) is 11.5. The molecule has 1 N–H and O–H groups in total. The Labute approximate surface area is 128 Å². The molecule has 7 heteroatoms. The molecule has 1 heterocycles. The van der Waals surface area contributed by atoms with Gasteiger partial charge in [0.15, 0.2) is 0 Å². The van der Waals surface area contributed by atoms with Gasteiger partial charge in [0, 0.05) is 0 Å². The first-order valence-corrected chi connectivity index (χ1v) is 7.16. The first-order valence-electron chi connectivity index (χ1n) is 5.59. The Morgan fingerprint density at radius 1 is 1.05 bits per heavy atom. The summed E-state index contributed by atoms with van der Waals surface area (Å²) in [5.74, 6) is -0.0886. The number of hydrogen-bond donors (Lipinski definition) is 1. The Morgan fingerprint density at radius 3 is 2.65 bits per heavy atom. The zero-order valence-electron chi connectivity index (χ0n) is 9.92. The minimum Gasteiger partial charge on any atom is -0.506 e. The summed E-state index contributed by atoms with van der Waals surface area (Å²) < 4.78 is 1.02. The number of para-hydroxylation sites is 1. The van der Waals surface area contributed by atoms with Crippen molar-refractivity contribution in [2.75, 3.05) is 0 Å². The molecule has 0 aliphatic rings. The van der Waals surface area contributed by atoms with Gasteiger partial charge in [0.25, 0.3) is 0 Å². The average Bonchev–Trinajstić information content (AvgIpc) is 2.86. The van der Waals surface area contributed by atoms with Crippen LogP contribution in [0.5, 0.6) is 5.75 Å². The molecule has 0 unspecified atom stereocenters. The third-order valence-corrected chi connectivity index (χ3v) is 4.16. The maximum atomic E-state index is 9.53. The van der Waals surface area contributed by atoms with Gasteiger partial charge in [-0.1, -0.05) is 46.7 Å². The fraction of sp³-hybridized carbons (Fsp3) is 0. The largest absolute Gasteiger partial charge is 0.506 e. The number of benzene rings is 2. The molecule has 0 bridgehead atoms. The molecule has 0 atom stereocenters. The van der Waals surface area contributed by atoms with Crippen LogP contribution in [0.3, 0.4) is 0 Å². The maximum absolute atomic E-state index is 9.53. The van der Waals surface area contributed by atoms with E-state index >= 15 is 0 Å². The van der Waals surface area contributed by atoms with Gasteiger partial charge < -0.3 is 5.11 Å². The standard InChI is InChI=1S/C13H7Cl2N3OS/c14-7-5-6-9(19)11(15)12(7)17-18-13-16-8-3-1-2-4-10(8)20-13/h1-6,19H. The first-order chi connectivity index (χ1) is 9.65. The lowest BCUT2D eigenvalue weighted by Gasteiger charge is -2.01. The van der Waals surface area contributed by atoms with E-state index in [1.165, 1.54) is 23.5 Å². The monoisotopic (exact) mass is 323 g/mol. The lowest BCUT2D eigenvalue weighted by molar-refractivity contribution is 0.476. The van der Waals surface area contributed by atoms with Gasteiger partial charge in [-0.25, -0.2) is 4.98 Å². The van der Waals surface area contributed by atoms with Crippen LogP contribution in [0.4, 0.5) is 10.8 Å². The summed E-state index contributed by atoms with van der Waals surface area (Å²) in [6.07, 6.45) is 0. The van der Waals surface area contributed by atoms with Crippen LogP contribution in [0.1, 0.15) is 0 Å². The minimum absolute atomic E-state index is 0.0716. The number of fused-ring (bicyclic) bond motifs is 1. The average molecular weight is 324 g/mol. The predicted octanol–water partition coefficient (Wildman–Crippen LogP) is 5.72. The second-order valence-corrected chi connectivity index (χ2v) is 5.69. The van der Waals surface area contributed by atoms with Crippen LogP contribution >= 0.6 is 34.5 Å². The second kappa shape index (κ2) is 5.36.